The third-order valence-corrected chi connectivity index (χ3v) is 3.55. The quantitative estimate of drug-likeness (QED) is 0.702. The second kappa shape index (κ2) is 9.90. The summed E-state index contributed by atoms with van der Waals surface area (Å²) in [6.45, 7) is 9.85. The molecule has 0 spiro atoms. The topological polar surface area (TPSA) is 79.2 Å². The molecule has 0 unspecified atom stereocenters. The molecule has 0 aliphatic carbocycles. The molecule has 0 fully saturated rings. The third-order valence-electron chi connectivity index (χ3n) is 3.55. The summed E-state index contributed by atoms with van der Waals surface area (Å²) in [7, 11) is 0. The van der Waals surface area contributed by atoms with E-state index in [9.17, 15) is 15.0 Å². The van der Waals surface area contributed by atoms with Crippen molar-refractivity contribution in [3.05, 3.63) is 35.9 Å². The van der Waals surface area contributed by atoms with E-state index in [-0.39, 0.29) is 26.3 Å². The molecule has 0 aliphatic heterocycles. The lowest BCUT2D eigenvalue weighted by molar-refractivity contribution is -0.0183. The molecule has 0 heterocycles. The molecular weight excluding hydrogens is 334 g/mol. The van der Waals surface area contributed by atoms with Crippen molar-refractivity contribution in [2.75, 3.05) is 26.3 Å². The van der Waals surface area contributed by atoms with Crippen LogP contribution >= 0.6 is 0 Å². The number of amides is 1. The Hall–Kier alpha value is -1.63. The fourth-order valence-corrected chi connectivity index (χ4v) is 2.29. The largest absolute Gasteiger partial charge is 0.444 e. The molecule has 1 aromatic rings. The molecule has 26 heavy (non-hydrogen) atoms. The van der Waals surface area contributed by atoms with E-state index in [2.05, 4.69) is 0 Å². The summed E-state index contributed by atoms with van der Waals surface area (Å²) in [4.78, 5) is 13.9. The summed E-state index contributed by atoms with van der Waals surface area (Å²) < 4.78 is 11.0. The van der Waals surface area contributed by atoms with Crippen molar-refractivity contribution >= 4 is 6.09 Å². The van der Waals surface area contributed by atoms with E-state index in [4.69, 9.17) is 9.47 Å². The van der Waals surface area contributed by atoms with Gasteiger partial charge in [-0.05, 0) is 26.3 Å². The summed E-state index contributed by atoms with van der Waals surface area (Å²) in [5.41, 5.74) is -0.111. The molecule has 0 aliphatic rings. The van der Waals surface area contributed by atoms with E-state index in [1.54, 1.807) is 20.8 Å². The van der Waals surface area contributed by atoms with Crippen LogP contribution in [0.4, 0.5) is 4.79 Å². The summed E-state index contributed by atoms with van der Waals surface area (Å²) in [6, 6.07) is 9.68. The lowest BCUT2D eigenvalue weighted by atomic mass is 9.94. The van der Waals surface area contributed by atoms with Gasteiger partial charge in [0.1, 0.15) is 5.60 Å². The molecule has 0 bridgehead atoms. The Morgan fingerprint density at radius 1 is 1.15 bits per heavy atom. The van der Waals surface area contributed by atoms with Crippen molar-refractivity contribution in [1.29, 1.82) is 0 Å². The van der Waals surface area contributed by atoms with Crippen LogP contribution < -0.4 is 0 Å². The molecule has 148 valence electrons. The van der Waals surface area contributed by atoms with Crippen LogP contribution in [0.1, 0.15) is 40.2 Å². The number of carbonyl (C=O) groups excluding carboxylic acids is 1. The zero-order valence-corrected chi connectivity index (χ0v) is 16.6. The van der Waals surface area contributed by atoms with Crippen LogP contribution in [0.5, 0.6) is 0 Å². The summed E-state index contributed by atoms with van der Waals surface area (Å²) in [5.74, 6) is 0. The maximum Gasteiger partial charge on any atom is 0.410 e. The van der Waals surface area contributed by atoms with Gasteiger partial charge in [-0.15, -0.1) is 0 Å². The molecule has 1 rings (SSSR count). The van der Waals surface area contributed by atoms with Crippen molar-refractivity contribution in [3.63, 3.8) is 0 Å². The van der Waals surface area contributed by atoms with Gasteiger partial charge in [0.05, 0.1) is 25.9 Å². The van der Waals surface area contributed by atoms with Gasteiger partial charge in [-0.1, -0.05) is 44.2 Å². The predicted octanol–water partition coefficient (Wildman–Crippen LogP) is 2.82. The lowest BCUT2D eigenvalue weighted by Gasteiger charge is -2.34. The Balaban J connectivity index is 2.60. The van der Waals surface area contributed by atoms with Gasteiger partial charge in [0, 0.05) is 18.6 Å². The summed E-state index contributed by atoms with van der Waals surface area (Å²) in [6.07, 6.45) is -1.36. The van der Waals surface area contributed by atoms with Crippen LogP contribution in [-0.2, 0) is 16.1 Å². The Morgan fingerprint density at radius 2 is 1.77 bits per heavy atom. The first kappa shape index (κ1) is 22.4. The summed E-state index contributed by atoms with van der Waals surface area (Å²) >= 11 is 0. The highest BCUT2D eigenvalue weighted by atomic mass is 16.6. The van der Waals surface area contributed by atoms with Gasteiger partial charge in [0.15, 0.2) is 0 Å². The van der Waals surface area contributed by atoms with Crippen molar-refractivity contribution < 1.29 is 24.5 Å². The number of aliphatic hydroxyl groups excluding tert-OH is 2. The van der Waals surface area contributed by atoms with E-state index in [1.807, 2.05) is 44.2 Å². The van der Waals surface area contributed by atoms with Crippen molar-refractivity contribution in [3.8, 4) is 0 Å². The molecule has 1 atom stereocenters. The van der Waals surface area contributed by atoms with Gasteiger partial charge in [0.2, 0.25) is 0 Å². The molecular formula is C20H33NO5. The number of carbonyl (C=O) groups is 1. The third kappa shape index (κ3) is 9.17. The first-order valence-corrected chi connectivity index (χ1v) is 8.91. The van der Waals surface area contributed by atoms with Crippen molar-refractivity contribution in [2.45, 2.75) is 52.9 Å². The highest BCUT2D eigenvalue weighted by molar-refractivity contribution is 5.68. The Bertz CT molecular complexity index is 539. The number of rotatable bonds is 9. The highest BCUT2D eigenvalue weighted by Crippen LogP contribution is 2.19. The molecule has 0 radical (unpaired) electrons. The molecule has 0 saturated heterocycles. The predicted molar refractivity (Wildman–Crippen MR) is 101 cm³/mol. The minimum atomic E-state index is -0.847. The summed E-state index contributed by atoms with van der Waals surface area (Å²) in [5, 5.41) is 19.8. The SMILES string of the molecule is CC(C)(CO)CN(C[C@H](O)COCc1ccccc1)C(=O)OC(C)(C)C. The van der Waals surface area contributed by atoms with Gasteiger partial charge in [-0.25, -0.2) is 4.79 Å². The number of hydrogen-bond donors (Lipinski definition) is 2. The van der Waals surface area contributed by atoms with Crippen LogP contribution in [0.2, 0.25) is 0 Å². The molecule has 0 saturated carbocycles. The molecule has 6 heteroatoms. The first-order valence-electron chi connectivity index (χ1n) is 8.91. The minimum absolute atomic E-state index is 0.0765. The first-order chi connectivity index (χ1) is 12.0. The minimum Gasteiger partial charge on any atom is -0.444 e. The van der Waals surface area contributed by atoms with Gasteiger partial charge in [0.25, 0.3) is 0 Å². The zero-order chi connectivity index (χ0) is 19.8. The second-order valence-electron chi connectivity index (χ2n) is 8.34. The number of hydrogen-bond acceptors (Lipinski definition) is 5. The van der Waals surface area contributed by atoms with Crippen LogP contribution in [0.25, 0.3) is 0 Å². The van der Waals surface area contributed by atoms with E-state index < -0.39 is 23.2 Å². The van der Waals surface area contributed by atoms with Crippen molar-refractivity contribution in [1.82, 2.24) is 4.90 Å². The van der Waals surface area contributed by atoms with E-state index in [0.29, 0.717) is 6.61 Å². The fourth-order valence-electron chi connectivity index (χ4n) is 2.29. The van der Waals surface area contributed by atoms with Gasteiger partial charge in [-0.2, -0.15) is 0 Å². The Labute approximate surface area is 156 Å². The van der Waals surface area contributed by atoms with Crippen LogP contribution in [0.15, 0.2) is 30.3 Å². The van der Waals surface area contributed by atoms with E-state index >= 15 is 0 Å². The van der Waals surface area contributed by atoms with Crippen LogP contribution in [0, 0.1) is 5.41 Å². The average Bonchev–Trinajstić information content (AvgIpc) is 2.53. The number of nitrogens with zero attached hydrogens (tertiary/aromatic N) is 1. The molecule has 0 aromatic heterocycles. The lowest BCUT2D eigenvalue weighted by Crippen LogP contribution is -2.47. The molecule has 2 N–H and O–H groups in total. The van der Waals surface area contributed by atoms with Crippen molar-refractivity contribution in [2.24, 2.45) is 5.41 Å². The fraction of sp³-hybridized carbons (Fsp3) is 0.650. The standard InChI is InChI=1S/C20H33NO5/c1-19(2,3)26-18(24)21(14-20(4,5)15-22)11-17(23)13-25-12-16-9-7-6-8-10-16/h6-10,17,22-23H,11-15H2,1-5H3/t17-/m0/s1. The Morgan fingerprint density at radius 3 is 2.31 bits per heavy atom. The van der Waals surface area contributed by atoms with E-state index in [0.717, 1.165) is 5.56 Å². The zero-order valence-electron chi connectivity index (χ0n) is 16.6. The van der Waals surface area contributed by atoms with Crippen LogP contribution in [-0.4, -0.2) is 59.2 Å². The molecule has 1 aromatic carbocycles. The number of benzene rings is 1. The highest BCUT2D eigenvalue weighted by Gasteiger charge is 2.29. The van der Waals surface area contributed by atoms with Gasteiger partial charge >= 0.3 is 6.09 Å². The Kier molecular flexibility index (Phi) is 8.53. The monoisotopic (exact) mass is 367 g/mol. The van der Waals surface area contributed by atoms with Gasteiger partial charge in [-0.3, -0.25) is 0 Å². The average molecular weight is 367 g/mol. The molecule has 1 amide bonds. The maximum absolute atomic E-state index is 12.5. The molecule has 6 nitrogen and oxygen atoms in total. The van der Waals surface area contributed by atoms with Crippen LogP contribution in [0.3, 0.4) is 0 Å². The number of ether oxygens (including phenoxy) is 2. The smallest absolute Gasteiger partial charge is 0.410 e. The second-order valence-corrected chi connectivity index (χ2v) is 8.34. The van der Waals surface area contributed by atoms with Gasteiger partial charge < -0.3 is 24.6 Å². The van der Waals surface area contributed by atoms with E-state index in [1.165, 1.54) is 4.90 Å². The number of aliphatic hydroxyl groups is 2. The maximum atomic E-state index is 12.5. The normalized spacial score (nSPS) is 13.3.